The standard InChI is InChI=1S/C50H61N7O7.C49H57N7O6.C4H6O2/c1-30(2)43(54-48(60)63-8)47(59)57-31(3)14-23-41(57)39-25-38(26-51-39)35-17-15-33(16-18-35)34-19-21-36(22-20-34)40-27-52-45(53-40)42-24-32(29-62-7)28-56(42)46(58)44(37-12-10-9-11-13-37)55-49(61)64-50(4,5)6;1-29(2)43(54-49(60)62-5)48(59)56-30(3)11-22-41(56)39-24-38(25-50-39)34-14-12-32(13-15-34)33-16-18-35(19-17-33)40-26-51-45(52-40)42-23-31(28-61-4)27-55(42)47(58)44(36-9-7-6-8-10-36)53-46(57)37-20-21-37;5-4(6)3-1-2-3/h9-13,15-22,26-27,30-32,41-44H,14,23-25,28-29H2,1-8H3,(H,52,53)(H,54,60)(H,55,61);6-10,12-19,25-26,29-31,37,41-44H,11,20-24,27-28H2,1-5H3,(H,51,52)(H,53,57)(H,54,60);3H,1-2H2,(H,5,6)/t31-,32-,41-,42-,43-,44+;30-,31-,41-,42-,43-,44+;/m00./s1. The molecule has 8 heterocycles. The molecule has 6 fully saturated rings. The molecule has 696 valence electrons. The summed E-state index contributed by atoms with van der Waals surface area (Å²) in [7, 11) is 5.94. The fourth-order valence-corrected chi connectivity index (χ4v) is 18.6. The SMILES string of the molecule is COC[C@H]1C[C@@H](c2ncc(-c3ccc(-c4ccc(C5=CN=C([C@@H]6CC[C@H](C)N6C(=O)[C@@H](NC(=O)OC)C(C)C)C5)cc4)cc3)[nH]2)N(C(=O)[C@H](NC(=O)C2CC2)c2ccccc2)C1.COC[C@H]1C[C@@H](c2ncc(-c3ccc(-c4ccc(C5=CN=C([C@@H]6CC[C@H](C)N6C(=O)[C@@H](NC(=O)OC)C(C)C)C5)cc4)cc3)[nH]2)N(C(=O)[C@H](NC(=O)OC(C)(C)C)c2ccccc2)C1.O=C(O)C1CC1. The van der Waals surface area contributed by atoms with Crippen molar-refractivity contribution in [3.05, 3.63) is 216 Å². The van der Waals surface area contributed by atoms with Crippen molar-refractivity contribution in [3.63, 3.8) is 0 Å². The summed E-state index contributed by atoms with van der Waals surface area (Å²) in [6.45, 7) is 19.1. The molecule has 29 nitrogen and oxygen atoms in total. The second-order valence-electron chi connectivity index (χ2n) is 37.5. The van der Waals surface area contributed by atoms with Gasteiger partial charge >= 0.3 is 24.2 Å². The predicted molar refractivity (Wildman–Crippen MR) is 504 cm³/mol. The number of H-pyrrole nitrogens is 2. The molecule has 7 N–H and O–H groups in total. The van der Waals surface area contributed by atoms with Crippen LogP contribution in [-0.4, -0.2) is 206 Å². The summed E-state index contributed by atoms with van der Waals surface area (Å²) in [6.07, 6.45) is 15.1. The molecule has 4 saturated heterocycles. The second-order valence-corrected chi connectivity index (χ2v) is 37.5. The van der Waals surface area contributed by atoms with Crippen LogP contribution in [0.2, 0.25) is 0 Å². The topological polar surface area (TPSA) is 363 Å². The van der Waals surface area contributed by atoms with Crippen molar-refractivity contribution in [1.29, 1.82) is 0 Å². The summed E-state index contributed by atoms with van der Waals surface area (Å²) in [5.74, 6) is 0.0485. The molecule has 2 aromatic heterocycles. The number of aromatic nitrogens is 4. The van der Waals surface area contributed by atoms with E-state index in [9.17, 15) is 43.2 Å². The van der Waals surface area contributed by atoms with Crippen LogP contribution in [0.15, 0.2) is 193 Å². The van der Waals surface area contributed by atoms with E-state index in [0.29, 0.717) is 69.2 Å². The molecule has 0 spiro atoms. The van der Waals surface area contributed by atoms with Gasteiger partial charge < -0.3 is 79.6 Å². The zero-order chi connectivity index (χ0) is 93.8. The highest BCUT2D eigenvalue weighted by Crippen LogP contribution is 2.43. The van der Waals surface area contributed by atoms with Crippen molar-refractivity contribution in [2.45, 2.75) is 205 Å². The summed E-state index contributed by atoms with van der Waals surface area (Å²) < 4.78 is 26.2. The number of nitrogens with zero attached hydrogens (tertiary/aromatic N) is 8. The summed E-state index contributed by atoms with van der Waals surface area (Å²) in [5, 5.41) is 19.4. The Labute approximate surface area is 771 Å². The number of methoxy groups -OCH3 is 4. The number of allylic oxidation sites excluding steroid dienone is 2. The molecule has 8 aliphatic rings. The van der Waals surface area contributed by atoms with Gasteiger partial charge in [0.1, 0.15) is 41.4 Å². The Bertz CT molecular complexity index is 5540. The van der Waals surface area contributed by atoms with E-state index >= 15 is 0 Å². The molecule has 8 aromatic rings. The number of nitrogens with one attached hydrogen (secondary N) is 6. The first-order valence-corrected chi connectivity index (χ1v) is 46.0. The molecule has 29 heteroatoms. The monoisotopic (exact) mass is 1800 g/mol. The van der Waals surface area contributed by atoms with Crippen LogP contribution in [0.5, 0.6) is 0 Å². The Hall–Kier alpha value is -12.9. The summed E-state index contributed by atoms with van der Waals surface area (Å²) in [6, 6.07) is 48.3. The first-order chi connectivity index (χ1) is 63.5. The maximum Gasteiger partial charge on any atom is 0.408 e. The summed E-state index contributed by atoms with van der Waals surface area (Å²) in [5.41, 5.74) is 14.8. The third-order valence-electron chi connectivity index (χ3n) is 26.0. The number of hydrogen-bond donors (Lipinski definition) is 7. The number of hydrogen-bond acceptors (Lipinski definition) is 18. The number of amides is 8. The minimum absolute atomic E-state index is 0.0185. The Morgan fingerprint density at radius 1 is 0.439 bits per heavy atom. The van der Waals surface area contributed by atoms with E-state index in [-0.39, 0.29) is 101 Å². The lowest BCUT2D eigenvalue weighted by Crippen LogP contribution is -2.55. The van der Waals surface area contributed by atoms with Crippen LogP contribution in [0.4, 0.5) is 14.4 Å². The Kier molecular flexibility index (Phi) is 30.7. The van der Waals surface area contributed by atoms with Crippen molar-refractivity contribution in [2.75, 3.05) is 54.7 Å². The number of aromatic amines is 2. The van der Waals surface area contributed by atoms with Crippen molar-refractivity contribution < 1.29 is 71.9 Å². The number of carbonyl (C=O) groups excluding carboxylic acids is 8. The van der Waals surface area contributed by atoms with Crippen LogP contribution in [-0.2, 0) is 52.5 Å². The molecular formula is C103H124N14O15. The lowest BCUT2D eigenvalue weighted by Gasteiger charge is -2.33. The average molecular weight is 1800 g/mol. The fraction of sp³-hybridized carbons (Fsp3) is 0.447. The molecule has 0 bridgehead atoms. The number of carbonyl (C=O) groups is 9. The van der Waals surface area contributed by atoms with Crippen LogP contribution in [0, 0.1) is 35.5 Å². The molecule has 12 atom stereocenters. The summed E-state index contributed by atoms with van der Waals surface area (Å²) >= 11 is 0. The number of alkyl carbamates (subject to hydrolysis) is 3. The highest BCUT2D eigenvalue weighted by Gasteiger charge is 2.48. The molecule has 2 aliphatic carbocycles. The van der Waals surface area contributed by atoms with Crippen LogP contribution in [0.25, 0.3) is 55.9 Å². The van der Waals surface area contributed by atoms with Crippen molar-refractivity contribution in [1.82, 2.24) is 60.8 Å². The van der Waals surface area contributed by atoms with E-state index in [2.05, 4.69) is 142 Å². The third-order valence-corrected chi connectivity index (χ3v) is 26.0. The smallest absolute Gasteiger partial charge is 0.408 e. The Morgan fingerprint density at radius 2 is 0.803 bits per heavy atom. The van der Waals surface area contributed by atoms with Gasteiger partial charge in [-0.2, -0.15) is 0 Å². The number of ether oxygens (including phenoxy) is 5. The van der Waals surface area contributed by atoms with Crippen LogP contribution < -0.4 is 21.3 Å². The van der Waals surface area contributed by atoms with Gasteiger partial charge in [0.05, 0.1) is 81.3 Å². The van der Waals surface area contributed by atoms with E-state index in [0.717, 1.165) is 135 Å². The number of aliphatic imine (C=N–C) groups is 2. The molecule has 0 unspecified atom stereocenters. The number of rotatable bonds is 28. The van der Waals surface area contributed by atoms with Gasteiger partial charge in [0.15, 0.2) is 0 Å². The number of likely N-dealkylation sites (tertiary alicyclic amines) is 4. The molecule has 6 aliphatic heterocycles. The first-order valence-electron chi connectivity index (χ1n) is 46.0. The second kappa shape index (κ2) is 42.6. The van der Waals surface area contributed by atoms with Crippen LogP contribution in [0.3, 0.4) is 0 Å². The van der Waals surface area contributed by atoms with E-state index in [1.165, 1.54) is 14.2 Å². The van der Waals surface area contributed by atoms with E-state index in [1.54, 1.807) is 46.1 Å². The highest BCUT2D eigenvalue weighted by molar-refractivity contribution is 6.05. The van der Waals surface area contributed by atoms with Gasteiger partial charge in [-0.05, 0) is 177 Å². The average Bonchev–Trinajstić information content (AvgIpc) is 1.65. The van der Waals surface area contributed by atoms with Gasteiger partial charge in [0.2, 0.25) is 23.6 Å². The first kappa shape index (κ1) is 95.2. The van der Waals surface area contributed by atoms with Gasteiger partial charge in [0.25, 0.3) is 5.91 Å². The maximum absolute atomic E-state index is 14.5. The molecule has 16 rings (SSSR count). The highest BCUT2D eigenvalue weighted by atomic mass is 16.6. The third kappa shape index (κ3) is 23.0. The minimum Gasteiger partial charge on any atom is -0.481 e. The molecule has 2 saturated carbocycles. The molecule has 8 amide bonds. The van der Waals surface area contributed by atoms with E-state index < -0.39 is 54.0 Å². The van der Waals surface area contributed by atoms with Crippen molar-refractivity contribution in [3.8, 4) is 44.8 Å². The Morgan fingerprint density at radius 3 is 1.14 bits per heavy atom. The minimum atomic E-state index is -0.956. The largest absolute Gasteiger partial charge is 0.481 e. The van der Waals surface area contributed by atoms with Crippen LogP contribution in [0.1, 0.15) is 197 Å². The normalized spacial score (nSPS) is 21.3. The van der Waals surface area contributed by atoms with Gasteiger partial charge in [-0.3, -0.25) is 38.8 Å². The predicted octanol–water partition coefficient (Wildman–Crippen LogP) is 16.5. The number of aliphatic carboxylic acids is 1. The van der Waals surface area contributed by atoms with Crippen molar-refractivity contribution in [2.24, 2.45) is 45.5 Å². The molecule has 132 heavy (non-hydrogen) atoms. The zero-order valence-corrected chi connectivity index (χ0v) is 77.6. The molecular weight excluding hydrogens is 1670 g/mol. The fourth-order valence-electron chi connectivity index (χ4n) is 18.6. The molecule has 0 radical (unpaired) electrons. The van der Waals surface area contributed by atoms with E-state index in [1.807, 2.05) is 122 Å². The van der Waals surface area contributed by atoms with Gasteiger partial charge in [-0.1, -0.05) is 185 Å². The van der Waals surface area contributed by atoms with E-state index in [4.69, 9.17) is 48.7 Å². The number of imidazole rings is 2. The lowest BCUT2D eigenvalue weighted by molar-refractivity contribution is -0.139. The van der Waals surface area contributed by atoms with Gasteiger partial charge in [0, 0.05) is 93.8 Å². The summed E-state index contributed by atoms with van der Waals surface area (Å²) in [4.78, 5) is 150. The quantitative estimate of drug-likeness (QED) is 0.0224. The number of benzene rings is 6. The van der Waals surface area contributed by atoms with Crippen molar-refractivity contribution >= 4 is 76.4 Å². The Balaban J connectivity index is 0.000000199. The lowest BCUT2D eigenvalue weighted by atomic mass is 9.95. The zero-order valence-electron chi connectivity index (χ0n) is 77.6. The van der Waals surface area contributed by atoms with Gasteiger partial charge in [-0.15, -0.1) is 0 Å². The number of carboxylic acid groups (broad SMARTS) is 1. The molecule has 6 aromatic carbocycles. The maximum atomic E-state index is 14.5. The van der Waals surface area contributed by atoms with Crippen LogP contribution >= 0.6 is 0 Å². The van der Waals surface area contributed by atoms with Gasteiger partial charge in [-0.25, -0.2) is 24.4 Å². The number of carboxylic acids is 1.